The van der Waals surface area contributed by atoms with Crippen molar-refractivity contribution in [2.45, 2.75) is 18.8 Å². The van der Waals surface area contributed by atoms with E-state index >= 15 is 0 Å². The monoisotopic (exact) mass is 1050 g/mol. The van der Waals surface area contributed by atoms with Crippen molar-refractivity contribution in [3.8, 4) is 89.5 Å². The number of hydrogen-bond donors (Lipinski definition) is 0. The second-order valence-corrected chi connectivity index (χ2v) is 22.9. The average Bonchev–Trinajstić information content (AvgIpc) is 2.38. The van der Waals surface area contributed by atoms with Crippen LogP contribution in [0.25, 0.3) is 160 Å². The highest BCUT2D eigenvalue weighted by molar-refractivity contribution is 6.21. The molecule has 1 atom stereocenters. The Morgan fingerprint density at radius 3 is 1.37 bits per heavy atom. The van der Waals surface area contributed by atoms with Gasteiger partial charge in [-0.15, -0.1) is 0 Å². The largest absolute Gasteiger partial charge is 0.227 e. The zero-order valence-electron chi connectivity index (χ0n) is 45.3. The summed E-state index contributed by atoms with van der Waals surface area (Å²) in [7, 11) is 0. The first-order valence-electron chi connectivity index (χ1n) is 28.7. The van der Waals surface area contributed by atoms with Gasteiger partial charge in [-0.2, -0.15) is 0 Å². The van der Waals surface area contributed by atoms with Gasteiger partial charge in [-0.1, -0.05) is 244 Å². The topological polar surface area (TPSA) is 51.6 Å². The van der Waals surface area contributed by atoms with E-state index in [1.807, 2.05) is 0 Å². The van der Waals surface area contributed by atoms with Crippen LogP contribution in [-0.4, -0.2) is 19.9 Å². The van der Waals surface area contributed by atoms with Gasteiger partial charge in [-0.05, 0) is 124 Å². The third-order valence-corrected chi connectivity index (χ3v) is 18.4. The molecule has 0 saturated carbocycles. The molecule has 0 fully saturated rings. The zero-order chi connectivity index (χ0) is 54.5. The SMILES string of the molecule is CC1(c2cccc3ccccc23)CC=C2c3cc4cc(-c5ccc(-c6cc7cc8c(nc7nc6-c6ccccc6)-c6cccc7c(-c9cccc%10ccccc9%10)ccc-8c67)c6ccccc56)c(-c5ccccc5)nc4nc3-c3cccc1c32. The van der Waals surface area contributed by atoms with Crippen molar-refractivity contribution < 1.29 is 0 Å². The highest BCUT2D eigenvalue weighted by Gasteiger charge is 2.40. The molecule has 4 nitrogen and oxygen atoms in total. The molecule has 4 heterocycles. The quantitative estimate of drug-likeness (QED) is 0.167. The summed E-state index contributed by atoms with van der Waals surface area (Å²) < 4.78 is 0. The Bertz CT molecular complexity index is 5360. The number of pyridine rings is 4. The van der Waals surface area contributed by atoms with Gasteiger partial charge in [0, 0.05) is 60.7 Å². The molecular weight excluding hydrogens is 1000 g/mol. The summed E-state index contributed by atoms with van der Waals surface area (Å²) in [4.78, 5) is 22.2. The molecule has 0 aliphatic heterocycles. The minimum Gasteiger partial charge on any atom is -0.227 e. The minimum atomic E-state index is -0.218. The lowest BCUT2D eigenvalue weighted by Crippen LogP contribution is -2.27. The van der Waals surface area contributed by atoms with Crippen LogP contribution in [0, 0.1) is 0 Å². The lowest BCUT2D eigenvalue weighted by atomic mass is 9.67. The van der Waals surface area contributed by atoms with Crippen LogP contribution in [0.15, 0.2) is 261 Å². The van der Waals surface area contributed by atoms with Crippen molar-refractivity contribution in [1.82, 2.24) is 19.9 Å². The Labute approximate surface area is 479 Å². The first-order valence-corrected chi connectivity index (χ1v) is 28.7. The fourth-order valence-corrected chi connectivity index (χ4v) is 14.6. The van der Waals surface area contributed by atoms with Crippen molar-refractivity contribution in [2.75, 3.05) is 0 Å². The van der Waals surface area contributed by atoms with E-state index in [-0.39, 0.29) is 5.41 Å². The van der Waals surface area contributed by atoms with Crippen LogP contribution in [0.2, 0.25) is 0 Å². The Kier molecular flexibility index (Phi) is 9.67. The summed E-state index contributed by atoms with van der Waals surface area (Å²) in [6.45, 7) is 2.42. The van der Waals surface area contributed by atoms with E-state index in [0.717, 1.165) is 107 Å². The highest BCUT2D eigenvalue weighted by atomic mass is 14.9. The number of benzene rings is 11. The second kappa shape index (κ2) is 17.4. The van der Waals surface area contributed by atoms with Crippen LogP contribution in [0.3, 0.4) is 0 Å². The fraction of sp³-hybridized carbons (Fsp3) is 0.0380. The molecule has 0 N–H and O–H groups in total. The summed E-state index contributed by atoms with van der Waals surface area (Å²) >= 11 is 0. The molecule has 18 rings (SSSR count). The molecular formula is C79H48N4. The van der Waals surface area contributed by atoms with Crippen molar-refractivity contribution in [3.63, 3.8) is 0 Å². The van der Waals surface area contributed by atoms with Gasteiger partial charge >= 0.3 is 0 Å². The number of aromatic nitrogens is 4. The van der Waals surface area contributed by atoms with E-state index in [1.165, 1.54) is 82.4 Å². The van der Waals surface area contributed by atoms with Gasteiger partial charge in [0.05, 0.1) is 22.8 Å². The molecule has 0 amide bonds. The molecule has 0 spiro atoms. The Hall–Kier alpha value is -10.7. The van der Waals surface area contributed by atoms with E-state index < -0.39 is 0 Å². The predicted molar refractivity (Wildman–Crippen MR) is 344 cm³/mol. The fourth-order valence-electron chi connectivity index (χ4n) is 14.6. The summed E-state index contributed by atoms with van der Waals surface area (Å²) in [5, 5.41) is 11.8. The number of allylic oxidation sites excluding steroid dienone is 1. The summed E-state index contributed by atoms with van der Waals surface area (Å²) in [6.07, 6.45) is 3.36. The maximum absolute atomic E-state index is 5.59. The molecule has 1 unspecified atom stereocenters. The van der Waals surface area contributed by atoms with E-state index in [4.69, 9.17) is 19.9 Å². The van der Waals surface area contributed by atoms with Gasteiger partial charge in [0.2, 0.25) is 0 Å². The minimum absolute atomic E-state index is 0.218. The summed E-state index contributed by atoms with van der Waals surface area (Å²) in [5.74, 6) is 0. The first-order chi connectivity index (χ1) is 41.0. The van der Waals surface area contributed by atoms with E-state index in [1.54, 1.807) is 0 Å². The molecule has 11 aromatic carbocycles. The molecule has 15 aromatic rings. The molecule has 0 saturated heterocycles. The van der Waals surface area contributed by atoms with Crippen LogP contribution in [0.4, 0.5) is 0 Å². The van der Waals surface area contributed by atoms with Gasteiger partial charge in [0.1, 0.15) is 0 Å². The molecule has 4 aromatic heterocycles. The first kappa shape index (κ1) is 46.1. The van der Waals surface area contributed by atoms with E-state index in [9.17, 15) is 0 Å². The molecule has 384 valence electrons. The molecule has 0 radical (unpaired) electrons. The van der Waals surface area contributed by atoms with Gasteiger partial charge in [0.15, 0.2) is 11.3 Å². The Morgan fingerprint density at radius 2 is 0.711 bits per heavy atom. The van der Waals surface area contributed by atoms with Crippen LogP contribution in [0.1, 0.15) is 35.6 Å². The number of rotatable bonds is 6. The number of hydrogen-bond acceptors (Lipinski definition) is 4. The molecule has 83 heavy (non-hydrogen) atoms. The van der Waals surface area contributed by atoms with Gasteiger partial charge in [0.25, 0.3) is 0 Å². The third-order valence-electron chi connectivity index (χ3n) is 18.4. The average molecular weight is 1050 g/mol. The standard InChI is InChI=1S/C79H48N4/c1-79(69-34-15-25-47-19-9-11-27-53(47)69)41-40-62-68-45-51-43-66(74(49-22-6-3-7-23-49)81-78(51)83-76(68)64-33-17-35-70(79)72(62)64)59-37-36-58(55-28-12-13-29-56(55)59)65-42-50-44-67-61-39-38-57(54-30-14-24-46-18-8-10-26-52(46)54)60-31-16-32-63(71(60)61)75(67)82-77(50)80-73(65)48-20-4-2-5-21-48/h2-40,42-45H,41H2,1H3. The van der Waals surface area contributed by atoms with Crippen molar-refractivity contribution in [3.05, 3.63) is 283 Å². The van der Waals surface area contributed by atoms with E-state index in [2.05, 4.69) is 268 Å². The van der Waals surface area contributed by atoms with Crippen LogP contribution in [0.5, 0.6) is 0 Å². The van der Waals surface area contributed by atoms with Crippen LogP contribution >= 0.6 is 0 Å². The van der Waals surface area contributed by atoms with Crippen LogP contribution < -0.4 is 0 Å². The Balaban J connectivity index is 0.798. The van der Waals surface area contributed by atoms with Crippen molar-refractivity contribution in [1.29, 1.82) is 0 Å². The lowest BCUT2D eigenvalue weighted by molar-refractivity contribution is 0.579. The second-order valence-electron chi connectivity index (χ2n) is 22.9. The normalized spacial score (nSPS) is 14.6. The smallest absolute Gasteiger partial charge is 0.160 e. The lowest BCUT2D eigenvalue weighted by Gasteiger charge is -2.36. The maximum Gasteiger partial charge on any atom is 0.160 e. The van der Waals surface area contributed by atoms with Crippen LogP contribution in [-0.2, 0) is 5.41 Å². The highest BCUT2D eigenvalue weighted by Crippen LogP contribution is 2.56. The van der Waals surface area contributed by atoms with Crippen molar-refractivity contribution >= 4 is 70.7 Å². The maximum atomic E-state index is 5.59. The molecule has 4 heteroatoms. The van der Waals surface area contributed by atoms with Gasteiger partial charge in [-0.3, -0.25) is 0 Å². The predicted octanol–water partition coefficient (Wildman–Crippen LogP) is 20.3. The summed E-state index contributed by atoms with van der Waals surface area (Å²) in [6, 6.07) is 93.0. The summed E-state index contributed by atoms with van der Waals surface area (Å²) in [5.41, 5.74) is 25.0. The van der Waals surface area contributed by atoms with Crippen molar-refractivity contribution in [2.24, 2.45) is 0 Å². The van der Waals surface area contributed by atoms with E-state index in [0.29, 0.717) is 0 Å². The van der Waals surface area contributed by atoms with Gasteiger partial charge in [-0.25, -0.2) is 19.9 Å². The molecule has 3 aliphatic carbocycles. The Morgan fingerprint density at radius 1 is 0.289 bits per heavy atom. The molecule has 3 aliphatic rings. The number of nitrogens with zero attached hydrogens (tertiary/aromatic N) is 4. The van der Waals surface area contributed by atoms with Gasteiger partial charge < -0.3 is 0 Å². The molecule has 0 bridgehead atoms. The zero-order valence-corrected chi connectivity index (χ0v) is 45.3. The third kappa shape index (κ3) is 6.69. The number of fused-ring (bicyclic) bond motifs is 11.